The van der Waals surface area contributed by atoms with E-state index in [-0.39, 0.29) is 5.97 Å². The van der Waals surface area contributed by atoms with E-state index in [9.17, 15) is 4.79 Å². The first-order valence-corrected chi connectivity index (χ1v) is 7.35. The molecule has 1 aromatic carbocycles. The summed E-state index contributed by atoms with van der Waals surface area (Å²) < 4.78 is 10.8. The largest absolute Gasteiger partial charge is 0.496 e. The second-order valence-corrected chi connectivity index (χ2v) is 5.04. The number of nitrogens with one attached hydrogen (secondary N) is 2. The Balaban J connectivity index is 2.05. The quantitative estimate of drug-likeness (QED) is 0.581. The van der Waals surface area contributed by atoms with Crippen molar-refractivity contribution < 1.29 is 14.3 Å². The van der Waals surface area contributed by atoms with Crippen molar-refractivity contribution in [1.82, 2.24) is 10.3 Å². The number of ether oxygens (including phenoxy) is 2. The molecule has 0 spiro atoms. The molecule has 0 saturated heterocycles. The van der Waals surface area contributed by atoms with Crippen LogP contribution in [0.2, 0.25) is 0 Å². The summed E-state index contributed by atoms with van der Waals surface area (Å²) >= 11 is 0. The fraction of sp³-hybridized carbons (Fsp3) is 0.353. The lowest BCUT2D eigenvalue weighted by Gasteiger charge is -2.08. The number of aromatic nitrogens is 1. The maximum Gasteiger partial charge on any atom is 0.340 e. The zero-order valence-electron chi connectivity index (χ0n) is 13.1. The Bertz CT molecular complexity index is 661. The number of fused-ring (bicyclic) bond motifs is 1. The number of H-pyrrole nitrogens is 1. The highest BCUT2D eigenvalue weighted by atomic mass is 16.5. The average Bonchev–Trinajstić information content (AvgIpc) is 2.94. The molecule has 2 rings (SSSR count). The SMILES string of the molecule is C=CNCCCCOC(=O)c1c[nH]c2ccc(C)c(OC)c12. The van der Waals surface area contributed by atoms with Crippen LogP contribution in [0, 0.1) is 6.92 Å². The predicted octanol–water partition coefficient (Wildman–Crippen LogP) is 3.16. The highest BCUT2D eigenvalue weighted by Crippen LogP contribution is 2.32. The molecule has 118 valence electrons. The van der Waals surface area contributed by atoms with Crippen molar-refractivity contribution in [2.24, 2.45) is 0 Å². The number of methoxy groups -OCH3 is 1. The first-order chi connectivity index (χ1) is 10.7. The summed E-state index contributed by atoms with van der Waals surface area (Å²) in [5.74, 6) is 0.382. The summed E-state index contributed by atoms with van der Waals surface area (Å²) in [6.07, 6.45) is 5.07. The highest BCUT2D eigenvalue weighted by molar-refractivity contribution is 6.07. The van der Waals surface area contributed by atoms with Crippen LogP contribution >= 0.6 is 0 Å². The van der Waals surface area contributed by atoms with Gasteiger partial charge in [0.25, 0.3) is 0 Å². The Hall–Kier alpha value is -2.43. The molecule has 2 N–H and O–H groups in total. The van der Waals surface area contributed by atoms with Crippen LogP contribution in [0.5, 0.6) is 5.75 Å². The summed E-state index contributed by atoms with van der Waals surface area (Å²) in [6, 6.07) is 3.89. The minimum Gasteiger partial charge on any atom is -0.496 e. The van der Waals surface area contributed by atoms with Crippen molar-refractivity contribution in [2.45, 2.75) is 19.8 Å². The van der Waals surface area contributed by atoms with Crippen molar-refractivity contribution >= 4 is 16.9 Å². The number of aryl methyl sites for hydroxylation is 1. The van der Waals surface area contributed by atoms with Crippen molar-refractivity contribution in [3.05, 3.63) is 42.2 Å². The summed E-state index contributed by atoms with van der Waals surface area (Å²) in [7, 11) is 1.61. The van der Waals surface area contributed by atoms with Gasteiger partial charge in [-0.15, -0.1) is 0 Å². The van der Waals surface area contributed by atoms with Crippen LogP contribution in [0.1, 0.15) is 28.8 Å². The second kappa shape index (κ2) is 7.54. The number of rotatable bonds is 8. The molecule has 0 fully saturated rings. The second-order valence-electron chi connectivity index (χ2n) is 5.04. The smallest absolute Gasteiger partial charge is 0.340 e. The molecule has 0 aliphatic rings. The van der Waals surface area contributed by atoms with Crippen molar-refractivity contribution in [3.63, 3.8) is 0 Å². The van der Waals surface area contributed by atoms with Gasteiger partial charge >= 0.3 is 5.97 Å². The van der Waals surface area contributed by atoms with Crippen LogP contribution < -0.4 is 10.1 Å². The third-order valence-corrected chi connectivity index (χ3v) is 3.51. The van der Waals surface area contributed by atoms with Crippen LogP contribution in [0.3, 0.4) is 0 Å². The van der Waals surface area contributed by atoms with Gasteiger partial charge < -0.3 is 19.8 Å². The lowest BCUT2D eigenvalue weighted by molar-refractivity contribution is 0.0501. The van der Waals surface area contributed by atoms with Crippen LogP contribution in [0.25, 0.3) is 10.9 Å². The van der Waals surface area contributed by atoms with Gasteiger partial charge in [-0.2, -0.15) is 0 Å². The van der Waals surface area contributed by atoms with Crippen LogP contribution in [-0.4, -0.2) is 31.2 Å². The monoisotopic (exact) mass is 302 g/mol. The lowest BCUT2D eigenvalue weighted by atomic mass is 10.1. The molecule has 5 nitrogen and oxygen atoms in total. The number of hydrogen-bond acceptors (Lipinski definition) is 4. The molecule has 0 unspecified atom stereocenters. The molecule has 1 aromatic heterocycles. The van der Waals surface area contributed by atoms with E-state index >= 15 is 0 Å². The molecule has 1 heterocycles. The molecule has 0 saturated carbocycles. The van der Waals surface area contributed by atoms with E-state index in [0.717, 1.165) is 35.9 Å². The van der Waals surface area contributed by atoms with E-state index in [4.69, 9.17) is 9.47 Å². The molecule has 22 heavy (non-hydrogen) atoms. The average molecular weight is 302 g/mol. The number of carbonyl (C=O) groups is 1. The molecule has 0 bridgehead atoms. The molecule has 2 aromatic rings. The van der Waals surface area contributed by atoms with Gasteiger partial charge in [0.1, 0.15) is 5.75 Å². The number of unbranched alkanes of at least 4 members (excludes halogenated alkanes) is 1. The fourth-order valence-electron chi connectivity index (χ4n) is 2.39. The normalized spacial score (nSPS) is 10.5. The molecule has 0 aliphatic heterocycles. The molecular formula is C17H22N2O3. The van der Waals surface area contributed by atoms with E-state index in [0.29, 0.717) is 17.9 Å². The molecule has 0 amide bonds. The maximum atomic E-state index is 12.3. The van der Waals surface area contributed by atoms with E-state index in [1.54, 1.807) is 19.5 Å². The van der Waals surface area contributed by atoms with Gasteiger partial charge in [0, 0.05) is 12.7 Å². The van der Waals surface area contributed by atoms with Gasteiger partial charge in [-0.25, -0.2) is 4.79 Å². The summed E-state index contributed by atoms with van der Waals surface area (Å²) in [5, 5.41) is 3.79. The van der Waals surface area contributed by atoms with Crippen molar-refractivity contribution in [2.75, 3.05) is 20.3 Å². The van der Waals surface area contributed by atoms with E-state index in [1.165, 1.54) is 0 Å². The Morgan fingerprint density at radius 1 is 1.41 bits per heavy atom. The number of esters is 1. The molecular weight excluding hydrogens is 280 g/mol. The van der Waals surface area contributed by atoms with Crippen molar-refractivity contribution in [3.8, 4) is 5.75 Å². The molecule has 0 radical (unpaired) electrons. The Kier molecular flexibility index (Phi) is 5.47. The van der Waals surface area contributed by atoms with E-state index in [2.05, 4.69) is 16.9 Å². The predicted molar refractivity (Wildman–Crippen MR) is 87.3 cm³/mol. The zero-order valence-corrected chi connectivity index (χ0v) is 13.1. The fourth-order valence-corrected chi connectivity index (χ4v) is 2.39. The number of carbonyl (C=O) groups excluding carboxylic acids is 1. The summed E-state index contributed by atoms with van der Waals surface area (Å²) in [4.78, 5) is 15.3. The van der Waals surface area contributed by atoms with E-state index < -0.39 is 0 Å². The van der Waals surface area contributed by atoms with Gasteiger partial charge in [-0.1, -0.05) is 12.6 Å². The number of benzene rings is 1. The van der Waals surface area contributed by atoms with E-state index in [1.807, 2.05) is 19.1 Å². The standard InChI is InChI=1S/C17H22N2O3/c1-4-18-9-5-6-10-22-17(20)13-11-19-14-8-7-12(2)16(21-3)15(13)14/h4,7-8,11,18-19H,1,5-6,9-10H2,2-3H3. The van der Waals surface area contributed by atoms with Crippen LogP contribution in [0.4, 0.5) is 0 Å². The third kappa shape index (κ3) is 3.42. The summed E-state index contributed by atoms with van der Waals surface area (Å²) in [6.45, 7) is 6.77. The first kappa shape index (κ1) is 15.9. The van der Waals surface area contributed by atoms with Crippen LogP contribution in [0.15, 0.2) is 31.1 Å². The van der Waals surface area contributed by atoms with Gasteiger partial charge in [0.15, 0.2) is 0 Å². The Morgan fingerprint density at radius 3 is 2.95 bits per heavy atom. The van der Waals surface area contributed by atoms with Crippen LogP contribution in [-0.2, 0) is 4.74 Å². The molecule has 0 aliphatic carbocycles. The van der Waals surface area contributed by atoms with Gasteiger partial charge in [0.05, 0.1) is 30.2 Å². The number of aromatic amines is 1. The minimum atomic E-state index is -0.327. The Labute approximate surface area is 130 Å². The van der Waals surface area contributed by atoms with Gasteiger partial charge in [-0.05, 0) is 37.6 Å². The number of hydrogen-bond donors (Lipinski definition) is 2. The lowest BCUT2D eigenvalue weighted by Crippen LogP contribution is -2.10. The summed E-state index contributed by atoms with van der Waals surface area (Å²) in [5.41, 5.74) is 2.36. The van der Waals surface area contributed by atoms with Gasteiger partial charge in [-0.3, -0.25) is 0 Å². The first-order valence-electron chi connectivity index (χ1n) is 7.35. The zero-order chi connectivity index (χ0) is 15.9. The maximum absolute atomic E-state index is 12.3. The molecule has 5 heteroatoms. The van der Waals surface area contributed by atoms with Crippen molar-refractivity contribution in [1.29, 1.82) is 0 Å². The minimum absolute atomic E-state index is 0.327. The molecule has 0 atom stereocenters. The highest BCUT2D eigenvalue weighted by Gasteiger charge is 2.18. The topological polar surface area (TPSA) is 63.3 Å². The third-order valence-electron chi connectivity index (χ3n) is 3.51. The Morgan fingerprint density at radius 2 is 2.23 bits per heavy atom. The van der Waals surface area contributed by atoms with Gasteiger partial charge in [0.2, 0.25) is 0 Å².